The molecule has 0 saturated heterocycles. The predicted molar refractivity (Wildman–Crippen MR) is 71.9 cm³/mol. The van der Waals surface area contributed by atoms with E-state index in [1.807, 2.05) is 19.2 Å². The van der Waals surface area contributed by atoms with Gasteiger partial charge in [-0.2, -0.15) is 0 Å². The Kier molecular flexibility index (Phi) is 4.17. The maximum Gasteiger partial charge on any atom is 0.0704 e. The first-order valence-corrected chi connectivity index (χ1v) is 6.91. The fraction of sp³-hybridized carbons (Fsp3) is 0.615. The molecule has 94 valence electrons. The molecule has 1 aromatic rings. The number of aliphatic hydroxyl groups is 1. The monoisotopic (exact) mass is 298 g/mol. The Morgan fingerprint density at radius 1 is 1.47 bits per heavy atom. The van der Waals surface area contributed by atoms with Crippen LogP contribution in [0.15, 0.2) is 22.8 Å². The lowest BCUT2D eigenvalue weighted by Gasteiger charge is -2.35. The van der Waals surface area contributed by atoms with E-state index in [4.69, 9.17) is 0 Å². The summed E-state index contributed by atoms with van der Waals surface area (Å²) < 4.78 is 0.979. The normalized spacial score (nSPS) is 29.2. The summed E-state index contributed by atoms with van der Waals surface area (Å²) in [4.78, 5) is 4.33. The SMILES string of the molecule is CNC1CCC(O)(Cc2ccc(Br)cn2)CC1. The number of rotatable bonds is 3. The summed E-state index contributed by atoms with van der Waals surface area (Å²) in [6.07, 6.45) is 6.26. The largest absolute Gasteiger partial charge is 0.389 e. The van der Waals surface area contributed by atoms with Crippen molar-refractivity contribution in [3.05, 3.63) is 28.5 Å². The lowest BCUT2D eigenvalue weighted by Crippen LogP contribution is -2.41. The van der Waals surface area contributed by atoms with Gasteiger partial charge in [-0.3, -0.25) is 4.98 Å². The molecule has 0 amide bonds. The van der Waals surface area contributed by atoms with Gasteiger partial charge in [-0.25, -0.2) is 0 Å². The van der Waals surface area contributed by atoms with Gasteiger partial charge in [-0.05, 0) is 60.8 Å². The summed E-state index contributed by atoms with van der Waals surface area (Å²) in [7, 11) is 1.99. The lowest BCUT2D eigenvalue weighted by atomic mass is 9.79. The van der Waals surface area contributed by atoms with Crippen molar-refractivity contribution in [2.75, 3.05) is 7.05 Å². The zero-order valence-corrected chi connectivity index (χ0v) is 11.7. The molecule has 1 heterocycles. The Labute approximate surface area is 111 Å². The zero-order valence-electron chi connectivity index (χ0n) is 10.1. The standard InChI is InChI=1S/C13H19BrN2O/c1-15-11-4-6-13(17,7-5-11)8-12-3-2-10(14)9-16-12/h2-3,9,11,15,17H,4-8H2,1H3. The van der Waals surface area contributed by atoms with Crippen molar-refractivity contribution >= 4 is 15.9 Å². The average molecular weight is 299 g/mol. The Balaban J connectivity index is 1.96. The number of aromatic nitrogens is 1. The van der Waals surface area contributed by atoms with Gasteiger partial charge in [0.15, 0.2) is 0 Å². The van der Waals surface area contributed by atoms with Crippen LogP contribution in [0.5, 0.6) is 0 Å². The highest BCUT2D eigenvalue weighted by Gasteiger charge is 2.33. The molecule has 1 aliphatic carbocycles. The zero-order chi connectivity index (χ0) is 12.3. The average Bonchev–Trinajstić information content (AvgIpc) is 2.33. The molecular formula is C13H19BrN2O. The quantitative estimate of drug-likeness (QED) is 0.900. The molecule has 0 unspecified atom stereocenters. The van der Waals surface area contributed by atoms with Crippen LogP contribution in [-0.4, -0.2) is 28.8 Å². The second kappa shape index (κ2) is 5.46. The highest BCUT2D eigenvalue weighted by molar-refractivity contribution is 9.10. The van der Waals surface area contributed by atoms with Crippen LogP contribution in [0.2, 0.25) is 0 Å². The van der Waals surface area contributed by atoms with Gasteiger partial charge in [-0.1, -0.05) is 0 Å². The second-order valence-corrected chi connectivity index (χ2v) is 5.85. The van der Waals surface area contributed by atoms with Gasteiger partial charge in [-0.15, -0.1) is 0 Å². The van der Waals surface area contributed by atoms with Crippen molar-refractivity contribution in [2.45, 2.75) is 43.7 Å². The molecule has 0 bridgehead atoms. The van der Waals surface area contributed by atoms with E-state index in [0.717, 1.165) is 35.8 Å². The summed E-state index contributed by atoms with van der Waals surface area (Å²) in [5, 5.41) is 13.8. The minimum Gasteiger partial charge on any atom is -0.389 e. The fourth-order valence-corrected chi connectivity index (χ4v) is 2.70. The molecule has 17 heavy (non-hydrogen) atoms. The highest BCUT2D eigenvalue weighted by Crippen LogP contribution is 2.31. The Hall–Kier alpha value is -0.450. The Bertz CT molecular complexity index is 358. The molecule has 1 aromatic heterocycles. The molecule has 0 aliphatic heterocycles. The van der Waals surface area contributed by atoms with E-state index in [1.165, 1.54) is 0 Å². The first kappa shape index (κ1) is 13.0. The molecule has 0 atom stereocenters. The van der Waals surface area contributed by atoms with E-state index in [1.54, 1.807) is 6.20 Å². The van der Waals surface area contributed by atoms with Gasteiger partial charge in [0.05, 0.1) is 5.60 Å². The lowest BCUT2D eigenvalue weighted by molar-refractivity contribution is -0.00321. The molecular weight excluding hydrogens is 280 g/mol. The molecule has 1 fully saturated rings. The molecule has 0 radical (unpaired) electrons. The number of pyridine rings is 1. The van der Waals surface area contributed by atoms with Crippen LogP contribution in [0, 0.1) is 0 Å². The number of hydrogen-bond acceptors (Lipinski definition) is 3. The van der Waals surface area contributed by atoms with Gasteiger partial charge in [0.25, 0.3) is 0 Å². The first-order chi connectivity index (χ1) is 8.11. The van der Waals surface area contributed by atoms with Gasteiger partial charge < -0.3 is 10.4 Å². The van der Waals surface area contributed by atoms with Crippen LogP contribution < -0.4 is 5.32 Å². The minimum atomic E-state index is -0.561. The summed E-state index contributed by atoms with van der Waals surface area (Å²) in [6.45, 7) is 0. The number of halogens is 1. The molecule has 2 rings (SSSR count). The van der Waals surface area contributed by atoms with Crippen LogP contribution in [-0.2, 0) is 6.42 Å². The molecule has 1 saturated carbocycles. The highest BCUT2D eigenvalue weighted by atomic mass is 79.9. The Morgan fingerprint density at radius 3 is 2.71 bits per heavy atom. The van der Waals surface area contributed by atoms with Crippen molar-refractivity contribution in [3.63, 3.8) is 0 Å². The third-order valence-corrected chi connectivity index (χ3v) is 4.09. The Morgan fingerprint density at radius 2 is 2.18 bits per heavy atom. The van der Waals surface area contributed by atoms with E-state index in [9.17, 15) is 5.11 Å². The minimum absolute atomic E-state index is 0.561. The number of nitrogens with zero attached hydrogens (tertiary/aromatic N) is 1. The van der Waals surface area contributed by atoms with Crippen molar-refractivity contribution in [2.24, 2.45) is 0 Å². The van der Waals surface area contributed by atoms with Crippen LogP contribution in [0.4, 0.5) is 0 Å². The summed E-state index contributed by atoms with van der Waals surface area (Å²) in [6, 6.07) is 4.52. The smallest absolute Gasteiger partial charge is 0.0704 e. The van der Waals surface area contributed by atoms with Crippen molar-refractivity contribution < 1.29 is 5.11 Å². The van der Waals surface area contributed by atoms with Crippen molar-refractivity contribution in [1.29, 1.82) is 0 Å². The van der Waals surface area contributed by atoms with E-state index in [2.05, 4.69) is 26.2 Å². The maximum absolute atomic E-state index is 10.5. The third kappa shape index (κ3) is 3.50. The van der Waals surface area contributed by atoms with Crippen LogP contribution in [0.3, 0.4) is 0 Å². The molecule has 0 aromatic carbocycles. The predicted octanol–water partition coefficient (Wildman–Crippen LogP) is 2.28. The summed E-state index contributed by atoms with van der Waals surface area (Å²) in [5.74, 6) is 0. The fourth-order valence-electron chi connectivity index (χ4n) is 2.47. The van der Waals surface area contributed by atoms with Crippen LogP contribution in [0.1, 0.15) is 31.4 Å². The summed E-state index contributed by atoms with van der Waals surface area (Å²) >= 11 is 3.37. The van der Waals surface area contributed by atoms with Gasteiger partial charge in [0, 0.05) is 28.8 Å². The van der Waals surface area contributed by atoms with E-state index < -0.39 is 5.60 Å². The second-order valence-electron chi connectivity index (χ2n) is 4.93. The van der Waals surface area contributed by atoms with Gasteiger partial charge in [0.1, 0.15) is 0 Å². The van der Waals surface area contributed by atoms with E-state index in [0.29, 0.717) is 12.5 Å². The topological polar surface area (TPSA) is 45.1 Å². The van der Waals surface area contributed by atoms with Crippen molar-refractivity contribution in [3.8, 4) is 0 Å². The van der Waals surface area contributed by atoms with Crippen LogP contribution >= 0.6 is 15.9 Å². The van der Waals surface area contributed by atoms with E-state index >= 15 is 0 Å². The molecule has 4 heteroatoms. The van der Waals surface area contributed by atoms with E-state index in [-0.39, 0.29) is 0 Å². The third-order valence-electron chi connectivity index (χ3n) is 3.62. The molecule has 2 N–H and O–H groups in total. The molecule has 0 spiro atoms. The number of nitrogens with one attached hydrogen (secondary N) is 1. The summed E-state index contributed by atoms with van der Waals surface area (Å²) in [5.41, 5.74) is 0.410. The van der Waals surface area contributed by atoms with Crippen LogP contribution in [0.25, 0.3) is 0 Å². The molecule has 1 aliphatic rings. The van der Waals surface area contributed by atoms with Crippen molar-refractivity contribution in [1.82, 2.24) is 10.3 Å². The van der Waals surface area contributed by atoms with Gasteiger partial charge >= 0.3 is 0 Å². The maximum atomic E-state index is 10.5. The first-order valence-electron chi connectivity index (χ1n) is 6.11. The molecule has 3 nitrogen and oxygen atoms in total. The van der Waals surface area contributed by atoms with Gasteiger partial charge in [0.2, 0.25) is 0 Å². The number of hydrogen-bond donors (Lipinski definition) is 2.